The number of hydrogen-bond acceptors (Lipinski definition) is 2. The SMILES string of the molecule is Cc1nc(F)c(C(F)F)cc1C(=O)O. The molecule has 76 valence electrons. The van der Waals surface area contributed by atoms with Crippen LogP contribution >= 0.6 is 0 Å². The van der Waals surface area contributed by atoms with E-state index in [1.807, 2.05) is 0 Å². The van der Waals surface area contributed by atoms with Gasteiger partial charge in [0.05, 0.1) is 16.8 Å². The molecule has 14 heavy (non-hydrogen) atoms. The van der Waals surface area contributed by atoms with Crippen LogP contribution in [0.1, 0.15) is 28.0 Å². The van der Waals surface area contributed by atoms with Gasteiger partial charge in [0, 0.05) is 0 Å². The molecule has 0 aliphatic carbocycles. The lowest BCUT2D eigenvalue weighted by atomic mass is 10.1. The summed E-state index contributed by atoms with van der Waals surface area (Å²) < 4.78 is 37.0. The van der Waals surface area contributed by atoms with E-state index >= 15 is 0 Å². The van der Waals surface area contributed by atoms with Crippen LogP contribution in [0, 0.1) is 12.9 Å². The Hall–Kier alpha value is -1.59. The second kappa shape index (κ2) is 3.65. The van der Waals surface area contributed by atoms with E-state index in [0.29, 0.717) is 6.07 Å². The molecule has 0 aromatic carbocycles. The zero-order valence-electron chi connectivity index (χ0n) is 7.09. The molecule has 0 fully saturated rings. The molecular weight excluding hydrogens is 199 g/mol. The van der Waals surface area contributed by atoms with Gasteiger partial charge in [-0.15, -0.1) is 0 Å². The van der Waals surface area contributed by atoms with E-state index < -0.39 is 29.5 Å². The Morgan fingerprint density at radius 3 is 2.57 bits per heavy atom. The minimum atomic E-state index is -3.07. The van der Waals surface area contributed by atoms with Crippen LogP contribution in [0.15, 0.2) is 6.07 Å². The lowest BCUT2D eigenvalue weighted by molar-refractivity contribution is 0.0694. The number of alkyl halides is 2. The number of aromatic nitrogens is 1. The zero-order chi connectivity index (χ0) is 10.9. The lowest BCUT2D eigenvalue weighted by Gasteiger charge is -2.04. The van der Waals surface area contributed by atoms with Crippen LogP contribution in [0.3, 0.4) is 0 Å². The summed E-state index contributed by atoms with van der Waals surface area (Å²) >= 11 is 0. The molecule has 0 aliphatic rings. The summed E-state index contributed by atoms with van der Waals surface area (Å²) in [4.78, 5) is 13.6. The highest BCUT2D eigenvalue weighted by atomic mass is 19.3. The second-order valence-electron chi connectivity index (χ2n) is 2.61. The first-order valence-corrected chi connectivity index (χ1v) is 3.62. The van der Waals surface area contributed by atoms with Crippen molar-refractivity contribution in [3.63, 3.8) is 0 Å². The topological polar surface area (TPSA) is 50.2 Å². The molecule has 1 aromatic rings. The molecule has 1 rings (SSSR count). The Morgan fingerprint density at radius 1 is 1.57 bits per heavy atom. The molecule has 0 atom stereocenters. The third kappa shape index (κ3) is 1.84. The second-order valence-corrected chi connectivity index (χ2v) is 2.61. The van der Waals surface area contributed by atoms with Crippen molar-refractivity contribution in [1.29, 1.82) is 0 Å². The number of halogens is 3. The third-order valence-corrected chi connectivity index (χ3v) is 1.66. The van der Waals surface area contributed by atoms with Gasteiger partial charge in [0.25, 0.3) is 6.43 Å². The Kier molecular flexibility index (Phi) is 2.73. The summed E-state index contributed by atoms with van der Waals surface area (Å²) in [6.45, 7) is 1.24. The van der Waals surface area contributed by atoms with Crippen molar-refractivity contribution in [3.05, 3.63) is 28.8 Å². The first kappa shape index (κ1) is 10.5. The molecule has 0 radical (unpaired) electrons. The maximum absolute atomic E-state index is 12.8. The van der Waals surface area contributed by atoms with Crippen molar-refractivity contribution in [2.75, 3.05) is 0 Å². The Bertz CT molecular complexity index is 379. The minimum Gasteiger partial charge on any atom is -0.478 e. The number of carbonyl (C=O) groups is 1. The van der Waals surface area contributed by atoms with E-state index in [0.717, 1.165) is 0 Å². The number of pyridine rings is 1. The quantitative estimate of drug-likeness (QED) is 0.752. The molecule has 1 N–H and O–H groups in total. The van der Waals surface area contributed by atoms with Gasteiger partial charge in [-0.2, -0.15) is 4.39 Å². The molecule has 0 saturated heterocycles. The van der Waals surface area contributed by atoms with Gasteiger partial charge in [-0.1, -0.05) is 0 Å². The highest BCUT2D eigenvalue weighted by Gasteiger charge is 2.19. The summed E-state index contributed by atoms with van der Waals surface area (Å²) in [6, 6.07) is 0.602. The van der Waals surface area contributed by atoms with E-state index in [2.05, 4.69) is 4.98 Å². The normalized spacial score (nSPS) is 10.6. The Labute approximate surface area is 77.2 Å². The number of hydrogen-bond donors (Lipinski definition) is 1. The Morgan fingerprint density at radius 2 is 2.14 bits per heavy atom. The summed E-state index contributed by atoms with van der Waals surface area (Å²) in [7, 11) is 0. The summed E-state index contributed by atoms with van der Waals surface area (Å²) in [6.07, 6.45) is -3.07. The first-order valence-electron chi connectivity index (χ1n) is 3.62. The maximum Gasteiger partial charge on any atom is 0.337 e. The van der Waals surface area contributed by atoms with Crippen LogP contribution in [0.25, 0.3) is 0 Å². The third-order valence-electron chi connectivity index (χ3n) is 1.66. The van der Waals surface area contributed by atoms with Crippen LogP contribution in [-0.4, -0.2) is 16.1 Å². The van der Waals surface area contributed by atoms with E-state index in [9.17, 15) is 18.0 Å². The van der Waals surface area contributed by atoms with Crippen LogP contribution in [0.2, 0.25) is 0 Å². The number of rotatable bonds is 2. The van der Waals surface area contributed by atoms with Crippen molar-refractivity contribution in [2.45, 2.75) is 13.3 Å². The van der Waals surface area contributed by atoms with Crippen LogP contribution in [0.5, 0.6) is 0 Å². The number of nitrogens with zero attached hydrogens (tertiary/aromatic N) is 1. The fraction of sp³-hybridized carbons (Fsp3) is 0.250. The molecule has 1 aromatic heterocycles. The molecule has 0 aliphatic heterocycles. The van der Waals surface area contributed by atoms with Crippen LogP contribution in [0.4, 0.5) is 13.2 Å². The van der Waals surface area contributed by atoms with Gasteiger partial charge in [0.1, 0.15) is 0 Å². The molecule has 0 spiro atoms. The molecule has 1 heterocycles. The van der Waals surface area contributed by atoms with Crippen molar-refractivity contribution in [1.82, 2.24) is 4.98 Å². The summed E-state index contributed by atoms with van der Waals surface area (Å²) in [5, 5.41) is 8.56. The molecule has 0 bridgehead atoms. The number of aromatic carboxylic acids is 1. The highest BCUT2D eigenvalue weighted by Crippen LogP contribution is 2.23. The molecule has 0 saturated carbocycles. The van der Waals surface area contributed by atoms with E-state index in [1.54, 1.807) is 0 Å². The van der Waals surface area contributed by atoms with Gasteiger partial charge in [-0.3, -0.25) is 0 Å². The molecule has 0 amide bonds. The predicted molar refractivity (Wildman–Crippen MR) is 40.8 cm³/mol. The first-order chi connectivity index (χ1) is 6.43. The minimum absolute atomic E-state index is 0.126. The van der Waals surface area contributed by atoms with Crippen LogP contribution in [-0.2, 0) is 0 Å². The summed E-state index contributed by atoms with van der Waals surface area (Å²) in [5.41, 5.74) is -1.53. The number of carboxylic acids is 1. The van der Waals surface area contributed by atoms with Gasteiger partial charge in [0.2, 0.25) is 5.95 Å². The average molecular weight is 205 g/mol. The molecule has 3 nitrogen and oxygen atoms in total. The number of carboxylic acid groups (broad SMARTS) is 1. The smallest absolute Gasteiger partial charge is 0.337 e. The molecule has 6 heteroatoms. The molecule has 0 unspecified atom stereocenters. The largest absolute Gasteiger partial charge is 0.478 e. The van der Waals surface area contributed by atoms with Crippen molar-refractivity contribution >= 4 is 5.97 Å². The monoisotopic (exact) mass is 205 g/mol. The zero-order valence-corrected chi connectivity index (χ0v) is 7.09. The predicted octanol–water partition coefficient (Wildman–Crippen LogP) is 2.16. The van der Waals surface area contributed by atoms with Gasteiger partial charge in [-0.05, 0) is 13.0 Å². The van der Waals surface area contributed by atoms with Crippen molar-refractivity contribution in [2.24, 2.45) is 0 Å². The van der Waals surface area contributed by atoms with Gasteiger partial charge >= 0.3 is 5.97 Å². The van der Waals surface area contributed by atoms with Crippen molar-refractivity contribution < 1.29 is 23.1 Å². The molecular formula is C8H6F3NO2. The van der Waals surface area contributed by atoms with E-state index in [1.165, 1.54) is 6.92 Å². The van der Waals surface area contributed by atoms with E-state index in [4.69, 9.17) is 5.11 Å². The van der Waals surface area contributed by atoms with Gasteiger partial charge in [0.15, 0.2) is 0 Å². The van der Waals surface area contributed by atoms with Gasteiger partial charge < -0.3 is 5.11 Å². The fourth-order valence-electron chi connectivity index (χ4n) is 0.961. The van der Waals surface area contributed by atoms with Crippen LogP contribution < -0.4 is 0 Å². The number of aryl methyl sites for hydroxylation is 1. The van der Waals surface area contributed by atoms with E-state index in [-0.39, 0.29) is 5.69 Å². The Balaban J connectivity index is 3.34. The average Bonchev–Trinajstić information content (AvgIpc) is 2.02. The lowest BCUT2D eigenvalue weighted by Crippen LogP contribution is -2.06. The van der Waals surface area contributed by atoms with Crippen molar-refractivity contribution in [3.8, 4) is 0 Å². The maximum atomic E-state index is 12.8. The fourth-order valence-corrected chi connectivity index (χ4v) is 0.961. The standard InChI is InChI=1S/C8H6F3NO2/c1-3-4(8(13)14)2-5(6(9)10)7(11)12-3/h2,6H,1H3,(H,13,14). The summed E-state index contributed by atoms with van der Waals surface area (Å²) in [5.74, 6) is -2.74. The van der Waals surface area contributed by atoms with Gasteiger partial charge in [-0.25, -0.2) is 18.6 Å². The highest BCUT2D eigenvalue weighted by molar-refractivity contribution is 5.88.